The van der Waals surface area contributed by atoms with Gasteiger partial charge in [0, 0.05) is 22.8 Å². The summed E-state index contributed by atoms with van der Waals surface area (Å²) in [5.41, 5.74) is -0.103. The molecule has 0 heterocycles. The summed E-state index contributed by atoms with van der Waals surface area (Å²) in [5.74, 6) is -1.82. The fourth-order valence-corrected chi connectivity index (χ4v) is 2.56. The summed E-state index contributed by atoms with van der Waals surface area (Å²) < 4.78 is 13.9. The van der Waals surface area contributed by atoms with Gasteiger partial charge in [-0.2, -0.15) is 0 Å². The maximum atomic E-state index is 13.9. The van der Waals surface area contributed by atoms with Gasteiger partial charge in [-0.3, -0.25) is 10.1 Å². The number of aromatic carboxylic acids is 1. The number of hydrogen-bond acceptors (Lipinski definition) is 4. The Kier molecular flexibility index (Phi) is 4.54. The van der Waals surface area contributed by atoms with Crippen molar-refractivity contribution >= 4 is 23.4 Å². The first-order valence-corrected chi connectivity index (χ1v) is 6.85. The summed E-state index contributed by atoms with van der Waals surface area (Å²) in [6, 6.07) is 10.1. The van der Waals surface area contributed by atoms with Crippen LogP contribution in [0.2, 0.25) is 0 Å². The largest absolute Gasteiger partial charge is 0.478 e. The average Bonchev–Trinajstić information content (AvgIpc) is 2.46. The van der Waals surface area contributed by atoms with E-state index in [1.54, 1.807) is 12.1 Å². The number of rotatable bonds is 5. The first kappa shape index (κ1) is 15.0. The van der Waals surface area contributed by atoms with Crippen LogP contribution in [0.4, 0.5) is 10.1 Å². The number of halogens is 1. The number of nitro benzene ring substituents is 1. The topological polar surface area (TPSA) is 80.4 Å². The minimum Gasteiger partial charge on any atom is -0.478 e. The number of thioether (sulfide) groups is 1. The molecule has 21 heavy (non-hydrogen) atoms. The van der Waals surface area contributed by atoms with Crippen molar-refractivity contribution in [3.8, 4) is 0 Å². The number of nitrogens with zero attached hydrogens (tertiary/aromatic N) is 1. The van der Waals surface area contributed by atoms with Gasteiger partial charge in [-0.1, -0.05) is 12.1 Å². The van der Waals surface area contributed by atoms with Gasteiger partial charge < -0.3 is 5.11 Å². The van der Waals surface area contributed by atoms with E-state index >= 15 is 0 Å². The molecule has 0 bridgehead atoms. The Hall–Kier alpha value is -2.41. The third-order valence-corrected chi connectivity index (χ3v) is 3.81. The molecule has 0 fully saturated rings. The number of benzene rings is 2. The van der Waals surface area contributed by atoms with Gasteiger partial charge in [0.1, 0.15) is 5.82 Å². The minimum atomic E-state index is -1.31. The van der Waals surface area contributed by atoms with E-state index in [9.17, 15) is 19.3 Å². The SMILES string of the molecule is O=C(O)c1cccc(CSc2ccc([N+](=O)[O-])cc2)c1F. The van der Waals surface area contributed by atoms with Gasteiger partial charge >= 0.3 is 5.97 Å². The molecule has 0 aliphatic heterocycles. The van der Waals surface area contributed by atoms with E-state index in [-0.39, 0.29) is 22.6 Å². The monoisotopic (exact) mass is 307 g/mol. The van der Waals surface area contributed by atoms with Crippen LogP contribution in [0.5, 0.6) is 0 Å². The highest BCUT2D eigenvalue weighted by molar-refractivity contribution is 7.98. The van der Waals surface area contributed by atoms with Gasteiger partial charge in [-0.05, 0) is 23.8 Å². The standard InChI is InChI=1S/C14H10FNO4S/c15-13-9(2-1-3-12(13)14(17)18)8-21-11-6-4-10(5-7-11)16(19)20/h1-7H,8H2,(H,17,18). The van der Waals surface area contributed by atoms with E-state index < -0.39 is 16.7 Å². The average molecular weight is 307 g/mol. The molecule has 2 aromatic rings. The molecule has 2 rings (SSSR count). The van der Waals surface area contributed by atoms with E-state index in [1.807, 2.05) is 0 Å². The third-order valence-electron chi connectivity index (χ3n) is 2.75. The summed E-state index contributed by atoms with van der Waals surface area (Å²) in [4.78, 5) is 21.6. The van der Waals surface area contributed by atoms with Crippen LogP contribution in [0, 0.1) is 15.9 Å². The summed E-state index contributed by atoms with van der Waals surface area (Å²) in [5, 5.41) is 19.4. The van der Waals surface area contributed by atoms with Gasteiger partial charge in [-0.25, -0.2) is 9.18 Å². The predicted octanol–water partition coefficient (Wildman–Crippen LogP) is 3.72. The van der Waals surface area contributed by atoms with Crippen LogP contribution >= 0.6 is 11.8 Å². The molecular formula is C14H10FNO4S. The molecule has 0 aliphatic carbocycles. The molecule has 7 heteroatoms. The lowest BCUT2D eigenvalue weighted by atomic mass is 10.1. The van der Waals surface area contributed by atoms with Crippen LogP contribution in [0.1, 0.15) is 15.9 Å². The zero-order valence-electron chi connectivity index (χ0n) is 10.7. The molecule has 0 spiro atoms. The summed E-state index contributed by atoms with van der Waals surface area (Å²) in [6.07, 6.45) is 0. The molecule has 108 valence electrons. The first-order chi connectivity index (χ1) is 9.99. The Labute approximate surface area is 123 Å². The predicted molar refractivity (Wildman–Crippen MR) is 76.0 cm³/mol. The second kappa shape index (κ2) is 6.36. The van der Waals surface area contributed by atoms with Gasteiger partial charge in [0.05, 0.1) is 10.5 Å². The maximum absolute atomic E-state index is 13.9. The summed E-state index contributed by atoms with van der Waals surface area (Å²) in [7, 11) is 0. The molecule has 2 aromatic carbocycles. The van der Waals surface area contributed by atoms with Crippen molar-refractivity contribution in [2.45, 2.75) is 10.6 Å². The van der Waals surface area contributed by atoms with Gasteiger partial charge in [0.25, 0.3) is 5.69 Å². The fourth-order valence-electron chi connectivity index (χ4n) is 1.68. The molecule has 0 aromatic heterocycles. The molecular weight excluding hydrogens is 297 g/mol. The molecule has 0 amide bonds. The quantitative estimate of drug-likeness (QED) is 0.517. The Bertz CT molecular complexity index is 688. The Morgan fingerprint density at radius 2 is 1.90 bits per heavy atom. The van der Waals surface area contributed by atoms with Crippen LogP contribution in [0.25, 0.3) is 0 Å². The lowest BCUT2D eigenvalue weighted by molar-refractivity contribution is -0.384. The smallest absolute Gasteiger partial charge is 0.338 e. The zero-order valence-corrected chi connectivity index (χ0v) is 11.5. The Morgan fingerprint density at radius 3 is 2.48 bits per heavy atom. The maximum Gasteiger partial charge on any atom is 0.338 e. The van der Waals surface area contributed by atoms with E-state index in [0.29, 0.717) is 0 Å². The molecule has 5 nitrogen and oxygen atoms in total. The number of carboxylic acid groups (broad SMARTS) is 1. The van der Waals surface area contributed by atoms with Crippen molar-refractivity contribution in [2.24, 2.45) is 0 Å². The third kappa shape index (κ3) is 3.57. The van der Waals surface area contributed by atoms with E-state index in [0.717, 1.165) is 4.90 Å². The van der Waals surface area contributed by atoms with Crippen molar-refractivity contribution in [1.29, 1.82) is 0 Å². The Balaban J connectivity index is 2.11. The van der Waals surface area contributed by atoms with Gasteiger partial charge in [-0.15, -0.1) is 11.8 Å². The lowest BCUT2D eigenvalue weighted by Gasteiger charge is -2.05. The van der Waals surface area contributed by atoms with E-state index in [1.165, 1.54) is 42.1 Å². The van der Waals surface area contributed by atoms with Crippen LogP contribution in [-0.2, 0) is 5.75 Å². The minimum absolute atomic E-state index is 0.0154. The van der Waals surface area contributed by atoms with Crippen LogP contribution < -0.4 is 0 Å². The van der Waals surface area contributed by atoms with E-state index in [2.05, 4.69) is 0 Å². The highest BCUT2D eigenvalue weighted by atomic mass is 32.2. The number of non-ortho nitro benzene ring substituents is 1. The number of nitro groups is 1. The van der Waals surface area contributed by atoms with Crippen LogP contribution in [-0.4, -0.2) is 16.0 Å². The van der Waals surface area contributed by atoms with Gasteiger partial charge in [0.2, 0.25) is 0 Å². The number of carboxylic acids is 1. The van der Waals surface area contributed by atoms with Crippen molar-refractivity contribution in [1.82, 2.24) is 0 Å². The Morgan fingerprint density at radius 1 is 1.24 bits per heavy atom. The van der Waals surface area contributed by atoms with Gasteiger partial charge in [0.15, 0.2) is 0 Å². The second-order valence-corrected chi connectivity index (χ2v) is 5.17. The van der Waals surface area contributed by atoms with Crippen molar-refractivity contribution in [2.75, 3.05) is 0 Å². The highest BCUT2D eigenvalue weighted by Gasteiger charge is 2.14. The van der Waals surface area contributed by atoms with Crippen LogP contribution in [0.3, 0.4) is 0 Å². The lowest BCUT2D eigenvalue weighted by Crippen LogP contribution is -2.02. The normalized spacial score (nSPS) is 10.3. The van der Waals surface area contributed by atoms with Crippen molar-refractivity contribution in [3.63, 3.8) is 0 Å². The zero-order chi connectivity index (χ0) is 15.4. The molecule has 0 saturated carbocycles. The molecule has 0 radical (unpaired) electrons. The summed E-state index contributed by atoms with van der Waals surface area (Å²) >= 11 is 1.27. The number of carbonyl (C=O) groups is 1. The first-order valence-electron chi connectivity index (χ1n) is 5.87. The number of hydrogen-bond donors (Lipinski definition) is 1. The summed E-state index contributed by atoms with van der Waals surface area (Å²) in [6.45, 7) is 0. The second-order valence-electron chi connectivity index (χ2n) is 4.12. The highest BCUT2D eigenvalue weighted by Crippen LogP contribution is 2.26. The molecule has 0 unspecified atom stereocenters. The van der Waals surface area contributed by atoms with E-state index in [4.69, 9.17) is 5.11 Å². The molecule has 0 saturated heterocycles. The van der Waals surface area contributed by atoms with Crippen molar-refractivity contribution in [3.05, 3.63) is 69.5 Å². The fraction of sp³-hybridized carbons (Fsp3) is 0.0714. The van der Waals surface area contributed by atoms with Crippen molar-refractivity contribution < 1.29 is 19.2 Å². The molecule has 0 aliphatic rings. The van der Waals surface area contributed by atoms with Crippen LogP contribution in [0.15, 0.2) is 47.4 Å². The molecule has 1 N–H and O–H groups in total. The molecule has 0 atom stereocenters.